The van der Waals surface area contributed by atoms with E-state index in [4.69, 9.17) is 4.74 Å². The molecule has 0 saturated carbocycles. The van der Waals surface area contributed by atoms with Crippen molar-refractivity contribution in [1.29, 1.82) is 0 Å². The molecule has 1 N–H and O–H groups in total. The van der Waals surface area contributed by atoms with Gasteiger partial charge in [-0.2, -0.15) is 0 Å². The Hall–Kier alpha value is -2.43. The van der Waals surface area contributed by atoms with E-state index >= 15 is 0 Å². The molecule has 0 saturated heterocycles. The van der Waals surface area contributed by atoms with Crippen LogP contribution in [0, 0.1) is 5.82 Å². The van der Waals surface area contributed by atoms with Gasteiger partial charge in [0.05, 0.1) is 12.2 Å². The van der Waals surface area contributed by atoms with Crippen LogP contribution < -0.4 is 10.1 Å². The topological polar surface area (TPSA) is 51.2 Å². The first kappa shape index (κ1) is 13.0. The predicted molar refractivity (Wildman–Crippen MR) is 69.8 cm³/mol. The van der Waals surface area contributed by atoms with Crippen LogP contribution in [-0.4, -0.2) is 17.5 Å². The number of amides is 1. The molecule has 0 unspecified atom stereocenters. The maximum Gasteiger partial charge on any atom is 0.260 e. The van der Waals surface area contributed by atoms with Gasteiger partial charge < -0.3 is 10.1 Å². The molecule has 0 spiro atoms. The van der Waals surface area contributed by atoms with Crippen molar-refractivity contribution < 1.29 is 13.9 Å². The Morgan fingerprint density at radius 1 is 1.32 bits per heavy atom. The van der Waals surface area contributed by atoms with E-state index < -0.39 is 11.7 Å². The van der Waals surface area contributed by atoms with Gasteiger partial charge in [0.25, 0.3) is 5.91 Å². The summed E-state index contributed by atoms with van der Waals surface area (Å²) >= 11 is 0. The number of para-hydroxylation sites is 1. The van der Waals surface area contributed by atoms with Crippen LogP contribution in [-0.2, 0) is 0 Å². The quantitative estimate of drug-likeness (QED) is 0.919. The summed E-state index contributed by atoms with van der Waals surface area (Å²) in [4.78, 5) is 16.0. The van der Waals surface area contributed by atoms with Crippen LogP contribution in [0.2, 0.25) is 0 Å². The number of hydrogen-bond donors (Lipinski definition) is 1. The fourth-order valence-electron chi connectivity index (χ4n) is 1.60. The second-order valence-corrected chi connectivity index (χ2v) is 3.72. The minimum atomic E-state index is -0.560. The van der Waals surface area contributed by atoms with Crippen molar-refractivity contribution in [2.45, 2.75) is 6.92 Å². The molecule has 2 rings (SSSR count). The molecule has 4 nitrogen and oxygen atoms in total. The highest BCUT2D eigenvalue weighted by atomic mass is 19.1. The molecule has 0 aliphatic carbocycles. The van der Waals surface area contributed by atoms with Gasteiger partial charge in [-0.25, -0.2) is 9.37 Å². The van der Waals surface area contributed by atoms with Crippen LogP contribution in [0.4, 0.5) is 10.2 Å². The predicted octanol–water partition coefficient (Wildman–Crippen LogP) is 2.87. The Bertz CT molecular complexity index is 573. The lowest BCUT2D eigenvalue weighted by Gasteiger charge is -2.10. The van der Waals surface area contributed by atoms with Crippen LogP contribution in [0.3, 0.4) is 0 Å². The molecule has 0 atom stereocenters. The smallest absolute Gasteiger partial charge is 0.260 e. The normalized spacial score (nSPS) is 10.0. The van der Waals surface area contributed by atoms with Crippen molar-refractivity contribution in [2.24, 2.45) is 0 Å². The molecule has 2 aromatic rings. The summed E-state index contributed by atoms with van der Waals surface area (Å²) in [5, 5.41) is 2.59. The molecule has 0 bridgehead atoms. The zero-order valence-electron chi connectivity index (χ0n) is 10.4. The summed E-state index contributed by atoms with van der Waals surface area (Å²) in [6.07, 6.45) is 1.56. The molecular formula is C14H13FN2O2. The van der Waals surface area contributed by atoms with E-state index in [9.17, 15) is 9.18 Å². The summed E-state index contributed by atoms with van der Waals surface area (Å²) in [5.74, 6) is -0.658. The third-order valence-corrected chi connectivity index (χ3v) is 2.41. The minimum absolute atomic E-state index is 0.0431. The Morgan fingerprint density at radius 2 is 2.16 bits per heavy atom. The molecule has 0 aliphatic heterocycles. The lowest BCUT2D eigenvalue weighted by Crippen LogP contribution is -2.15. The fraction of sp³-hybridized carbons (Fsp3) is 0.143. The SMILES string of the molecule is CCOc1c(F)cccc1C(=O)Nc1ccccn1. The van der Waals surface area contributed by atoms with E-state index in [0.717, 1.165) is 0 Å². The van der Waals surface area contributed by atoms with E-state index in [1.807, 2.05) is 0 Å². The number of nitrogens with zero attached hydrogens (tertiary/aromatic N) is 1. The monoisotopic (exact) mass is 260 g/mol. The van der Waals surface area contributed by atoms with E-state index in [0.29, 0.717) is 5.82 Å². The molecular weight excluding hydrogens is 247 g/mol. The fourth-order valence-corrected chi connectivity index (χ4v) is 1.60. The summed E-state index contributed by atoms with van der Waals surface area (Å²) in [7, 11) is 0. The minimum Gasteiger partial charge on any atom is -0.490 e. The van der Waals surface area contributed by atoms with Gasteiger partial charge in [0.2, 0.25) is 0 Å². The molecule has 0 aliphatic rings. The largest absolute Gasteiger partial charge is 0.490 e. The van der Waals surface area contributed by atoms with Gasteiger partial charge in [-0.05, 0) is 31.2 Å². The Morgan fingerprint density at radius 3 is 2.84 bits per heavy atom. The summed E-state index contributed by atoms with van der Waals surface area (Å²) in [6, 6.07) is 9.36. The standard InChI is InChI=1S/C14H13FN2O2/c1-2-19-13-10(6-5-7-11(13)15)14(18)17-12-8-3-4-9-16-12/h3-9H,2H2,1H3,(H,16,17,18). The Kier molecular flexibility index (Phi) is 4.07. The number of ether oxygens (including phenoxy) is 1. The third kappa shape index (κ3) is 3.07. The van der Waals surface area contributed by atoms with Crippen LogP contribution in [0.1, 0.15) is 17.3 Å². The summed E-state index contributed by atoms with van der Waals surface area (Å²) in [6.45, 7) is 2.01. The van der Waals surface area contributed by atoms with Gasteiger partial charge >= 0.3 is 0 Å². The van der Waals surface area contributed by atoms with Gasteiger partial charge in [0, 0.05) is 6.20 Å². The highest BCUT2D eigenvalue weighted by molar-refractivity contribution is 6.05. The van der Waals surface area contributed by atoms with Gasteiger partial charge in [0.15, 0.2) is 11.6 Å². The molecule has 1 aromatic carbocycles. The third-order valence-electron chi connectivity index (χ3n) is 2.41. The average Bonchev–Trinajstić information content (AvgIpc) is 2.42. The maximum absolute atomic E-state index is 13.6. The average molecular weight is 260 g/mol. The van der Waals surface area contributed by atoms with Crippen LogP contribution >= 0.6 is 0 Å². The van der Waals surface area contributed by atoms with Gasteiger partial charge in [-0.1, -0.05) is 12.1 Å². The number of hydrogen-bond acceptors (Lipinski definition) is 3. The zero-order chi connectivity index (χ0) is 13.7. The van der Waals surface area contributed by atoms with E-state index in [1.165, 1.54) is 18.2 Å². The molecule has 1 heterocycles. The van der Waals surface area contributed by atoms with Crippen molar-refractivity contribution in [1.82, 2.24) is 4.98 Å². The number of carbonyl (C=O) groups is 1. The number of carbonyl (C=O) groups excluding carboxylic acids is 1. The first-order valence-electron chi connectivity index (χ1n) is 5.86. The second-order valence-electron chi connectivity index (χ2n) is 3.72. The molecule has 1 amide bonds. The first-order valence-corrected chi connectivity index (χ1v) is 5.86. The highest BCUT2D eigenvalue weighted by Crippen LogP contribution is 2.23. The van der Waals surface area contributed by atoms with E-state index in [1.54, 1.807) is 31.3 Å². The van der Waals surface area contributed by atoms with Crippen molar-refractivity contribution in [3.63, 3.8) is 0 Å². The number of anilines is 1. The molecule has 98 valence electrons. The van der Waals surface area contributed by atoms with Crippen molar-refractivity contribution in [3.05, 3.63) is 54.0 Å². The first-order chi connectivity index (χ1) is 9.22. The number of rotatable bonds is 4. The van der Waals surface area contributed by atoms with Gasteiger partial charge in [-0.3, -0.25) is 4.79 Å². The number of aromatic nitrogens is 1. The summed E-state index contributed by atoms with van der Waals surface area (Å²) in [5.41, 5.74) is 0.146. The molecule has 0 fully saturated rings. The maximum atomic E-state index is 13.6. The number of pyridine rings is 1. The molecule has 0 radical (unpaired) electrons. The summed E-state index contributed by atoms with van der Waals surface area (Å²) < 4.78 is 18.8. The number of halogens is 1. The highest BCUT2D eigenvalue weighted by Gasteiger charge is 2.16. The van der Waals surface area contributed by atoms with Gasteiger partial charge in [-0.15, -0.1) is 0 Å². The van der Waals surface area contributed by atoms with E-state index in [-0.39, 0.29) is 17.9 Å². The Balaban J connectivity index is 2.26. The van der Waals surface area contributed by atoms with Crippen molar-refractivity contribution in [2.75, 3.05) is 11.9 Å². The lowest BCUT2D eigenvalue weighted by molar-refractivity contribution is 0.102. The number of benzene rings is 1. The molecule has 1 aromatic heterocycles. The van der Waals surface area contributed by atoms with Crippen molar-refractivity contribution in [3.8, 4) is 5.75 Å². The van der Waals surface area contributed by atoms with Crippen LogP contribution in [0.5, 0.6) is 5.75 Å². The Labute approximate surface area is 110 Å². The second kappa shape index (κ2) is 5.95. The van der Waals surface area contributed by atoms with Crippen LogP contribution in [0.25, 0.3) is 0 Å². The zero-order valence-corrected chi connectivity index (χ0v) is 10.4. The van der Waals surface area contributed by atoms with Gasteiger partial charge in [0.1, 0.15) is 5.82 Å². The lowest BCUT2D eigenvalue weighted by atomic mass is 10.2. The van der Waals surface area contributed by atoms with Crippen molar-refractivity contribution >= 4 is 11.7 Å². The molecule has 5 heteroatoms. The number of nitrogens with one attached hydrogen (secondary N) is 1. The molecule has 19 heavy (non-hydrogen) atoms. The van der Waals surface area contributed by atoms with E-state index in [2.05, 4.69) is 10.3 Å². The van der Waals surface area contributed by atoms with Crippen LogP contribution in [0.15, 0.2) is 42.6 Å².